The van der Waals surface area contributed by atoms with Gasteiger partial charge < -0.3 is 14.2 Å². The van der Waals surface area contributed by atoms with E-state index in [1.165, 1.54) is 163 Å². The van der Waals surface area contributed by atoms with Crippen LogP contribution in [-0.2, 0) is 33.4 Å². The smallest absolute Gasteiger partial charge is 0.341 e. The molecular formula is C47H80O7. The minimum absolute atomic E-state index is 0.0242. The van der Waals surface area contributed by atoms with Gasteiger partial charge in [0.25, 0.3) is 0 Å². The number of methoxy groups -OCH3 is 3. The highest BCUT2D eigenvalue weighted by atomic mass is 16.5. The zero-order chi connectivity index (χ0) is 39.4. The number of rotatable bonds is 33. The molecule has 2 aliphatic rings. The molecule has 54 heavy (non-hydrogen) atoms. The van der Waals surface area contributed by atoms with Gasteiger partial charge in [0, 0.05) is 11.8 Å². The first-order valence-electron chi connectivity index (χ1n) is 22.6. The molecule has 0 aromatic heterocycles. The van der Waals surface area contributed by atoms with Crippen LogP contribution in [0.4, 0.5) is 0 Å². The predicted molar refractivity (Wildman–Crippen MR) is 220 cm³/mol. The second-order valence-electron chi connectivity index (χ2n) is 16.3. The highest BCUT2D eigenvalue weighted by molar-refractivity contribution is 6.22. The Hall–Kier alpha value is -2.44. The van der Waals surface area contributed by atoms with Crippen molar-refractivity contribution in [1.82, 2.24) is 0 Å². The molecule has 2 aliphatic carbocycles. The van der Waals surface area contributed by atoms with Crippen molar-refractivity contribution < 1.29 is 33.4 Å². The van der Waals surface area contributed by atoms with Crippen LogP contribution in [0, 0.1) is 23.7 Å². The Bertz CT molecular complexity index is 1140. The zero-order valence-electron chi connectivity index (χ0n) is 35.5. The van der Waals surface area contributed by atoms with Gasteiger partial charge in [0.15, 0.2) is 5.78 Å². The van der Waals surface area contributed by atoms with Crippen molar-refractivity contribution in [3.05, 3.63) is 22.8 Å². The van der Waals surface area contributed by atoms with Crippen LogP contribution >= 0.6 is 0 Å². The van der Waals surface area contributed by atoms with Gasteiger partial charge in [0.05, 0.1) is 33.2 Å². The Kier molecular flexibility index (Phi) is 26.3. The second-order valence-corrected chi connectivity index (χ2v) is 16.3. The number of carbonyl (C=O) groups is 4. The number of unbranched alkanes of at least 4 members (excludes halogenated alkanes) is 26. The average Bonchev–Trinajstić information content (AvgIpc) is 3.47. The zero-order valence-corrected chi connectivity index (χ0v) is 35.5. The first-order valence-corrected chi connectivity index (χ1v) is 22.6. The van der Waals surface area contributed by atoms with E-state index in [4.69, 9.17) is 14.2 Å². The van der Waals surface area contributed by atoms with E-state index in [1.54, 1.807) is 6.08 Å². The number of esters is 3. The summed E-state index contributed by atoms with van der Waals surface area (Å²) >= 11 is 0. The van der Waals surface area contributed by atoms with E-state index in [0.29, 0.717) is 18.4 Å². The molecule has 4 atom stereocenters. The first-order chi connectivity index (χ1) is 26.4. The van der Waals surface area contributed by atoms with Gasteiger partial charge in [-0.1, -0.05) is 192 Å². The maximum Gasteiger partial charge on any atom is 0.341 e. The normalized spacial score (nSPS) is 19.5. The topological polar surface area (TPSA) is 96.0 Å². The third-order valence-electron chi connectivity index (χ3n) is 12.1. The molecule has 0 saturated carbocycles. The highest BCUT2D eigenvalue weighted by Gasteiger charge is 2.57. The third-order valence-corrected chi connectivity index (χ3v) is 12.1. The summed E-state index contributed by atoms with van der Waals surface area (Å²) in [6, 6.07) is 0. The van der Waals surface area contributed by atoms with E-state index in [9.17, 15) is 19.2 Å². The van der Waals surface area contributed by atoms with Gasteiger partial charge in [-0.25, -0.2) is 4.79 Å². The van der Waals surface area contributed by atoms with Crippen molar-refractivity contribution in [2.24, 2.45) is 23.7 Å². The van der Waals surface area contributed by atoms with E-state index < -0.39 is 47.4 Å². The van der Waals surface area contributed by atoms with Gasteiger partial charge >= 0.3 is 17.9 Å². The molecule has 0 N–H and O–H groups in total. The lowest BCUT2D eigenvalue weighted by Gasteiger charge is -2.37. The van der Waals surface area contributed by atoms with Gasteiger partial charge in [-0.2, -0.15) is 0 Å². The summed E-state index contributed by atoms with van der Waals surface area (Å²) < 4.78 is 15.7. The van der Waals surface area contributed by atoms with Crippen LogP contribution in [0.1, 0.15) is 206 Å². The summed E-state index contributed by atoms with van der Waals surface area (Å²) in [5, 5.41) is 0. The van der Waals surface area contributed by atoms with Crippen molar-refractivity contribution in [1.29, 1.82) is 0 Å². The monoisotopic (exact) mass is 757 g/mol. The number of allylic oxidation sites excluding steroid dienone is 1. The van der Waals surface area contributed by atoms with Gasteiger partial charge in [-0.3, -0.25) is 14.4 Å². The largest absolute Gasteiger partial charge is 0.469 e. The molecular weight excluding hydrogens is 677 g/mol. The number of Topliss-reactive ketones (excluding diaryl/α,β-unsaturated/α-hetero) is 1. The van der Waals surface area contributed by atoms with E-state index in [-0.39, 0.29) is 5.57 Å². The fourth-order valence-electron chi connectivity index (χ4n) is 9.01. The standard InChI is InChI=1S/C47H80O7/c1-6-8-10-12-14-16-18-20-22-24-26-28-30-32-34-37-36-39(45(49)52-3)42-41(40(37)46(50)53-4)38(43(44(42)48)47(51)54-5)35-33-31-29-27-25-23-21-19-17-15-13-11-9-7-2/h36,39-42H,6-35H2,1-5H3/t39-,40-,41-,42+/m1/s1. The molecule has 2 rings (SSSR count). The molecule has 0 unspecified atom stereocenters. The summed E-state index contributed by atoms with van der Waals surface area (Å²) in [5.41, 5.74) is 1.51. The Balaban J connectivity index is 1.97. The fraction of sp³-hybridized carbons (Fsp3) is 0.830. The van der Waals surface area contributed by atoms with Crippen LogP contribution in [0.5, 0.6) is 0 Å². The molecule has 0 spiro atoms. The number of carbonyl (C=O) groups excluding carboxylic acids is 4. The maximum absolute atomic E-state index is 14.0. The van der Waals surface area contributed by atoms with Crippen LogP contribution in [0.25, 0.3) is 0 Å². The average molecular weight is 757 g/mol. The highest BCUT2D eigenvalue weighted by Crippen LogP contribution is 2.52. The van der Waals surface area contributed by atoms with Crippen molar-refractivity contribution in [3.8, 4) is 0 Å². The van der Waals surface area contributed by atoms with Crippen molar-refractivity contribution in [2.75, 3.05) is 21.3 Å². The van der Waals surface area contributed by atoms with Gasteiger partial charge in [0.2, 0.25) is 0 Å². The number of hydrogen-bond acceptors (Lipinski definition) is 7. The van der Waals surface area contributed by atoms with E-state index in [0.717, 1.165) is 44.1 Å². The van der Waals surface area contributed by atoms with Gasteiger partial charge in [-0.15, -0.1) is 0 Å². The number of fused-ring (bicyclic) bond motifs is 1. The SMILES string of the molecule is CCCCCCCCCCCCCCCCC1=C[C@@H](C(=O)OC)[C@@H]2C(=O)C(C(=O)OC)=C(CCCCCCCCCCCCCCCC)[C@@H]2[C@@H]1C(=O)OC. The Morgan fingerprint density at radius 3 is 1.22 bits per heavy atom. The van der Waals surface area contributed by atoms with Crippen molar-refractivity contribution in [3.63, 3.8) is 0 Å². The second kappa shape index (κ2) is 29.8. The van der Waals surface area contributed by atoms with Crippen LogP contribution in [-0.4, -0.2) is 45.0 Å². The molecule has 0 aliphatic heterocycles. The molecule has 0 aromatic carbocycles. The fourth-order valence-corrected chi connectivity index (χ4v) is 9.01. The van der Waals surface area contributed by atoms with Crippen molar-refractivity contribution >= 4 is 23.7 Å². The molecule has 0 fully saturated rings. The first kappa shape index (κ1) is 47.7. The van der Waals surface area contributed by atoms with E-state index >= 15 is 0 Å². The maximum atomic E-state index is 14.0. The number of hydrogen-bond donors (Lipinski definition) is 0. The molecule has 0 bridgehead atoms. The quantitative estimate of drug-likeness (QED) is 0.0216. The summed E-state index contributed by atoms with van der Waals surface area (Å²) in [7, 11) is 3.99. The van der Waals surface area contributed by atoms with Gasteiger partial charge in [-0.05, 0) is 31.3 Å². The molecule has 7 nitrogen and oxygen atoms in total. The lowest BCUT2D eigenvalue weighted by atomic mass is 9.65. The molecule has 0 amide bonds. The Morgan fingerprint density at radius 1 is 0.481 bits per heavy atom. The van der Waals surface area contributed by atoms with Gasteiger partial charge in [0.1, 0.15) is 5.57 Å². The van der Waals surface area contributed by atoms with Crippen LogP contribution < -0.4 is 0 Å². The summed E-state index contributed by atoms with van der Waals surface area (Å²) in [6.07, 6.45) is 37.9. The predicted octanol–water partition coefficient (Wildman–Crippen LogP) is 12.5. The number of ether oxygens (including phenoxy) is 3. The Labute approximate surface area is 330 Å². The summed E-state index contributed by atoms with van der Waals surface area (Å²) in [5.74, 6) is -5.09. The Morgan fingerprint density at radius 2 is 0.852 bits per heavy atom. The molecule has 0 radical (unpaired) electrons. The molecule has 0 saturated heterocycles. The summed E-state index contributed by atoms with van der Waals surface area (Å²) in [6.45, 7) is 4.52. The van der Waals surface area contributed by atoms with E-state index in [1.807, 2.05) is 0 Å². The third kappa shape index (κ3) is 16.7. The van der Waals surface area contributed by atoms with E-state index in [2.05, 4.69) is 13.8 Å². The molecule has 310 valence electrons. The molecule has 0 aromatic rings. The lowest BCUT2D eigenvalue weighted by Crippen LogP contribution is -2.43. The summed E-state index contributed by atoms with van der Waals surface area (Å²) in [4.78, 5) is 54.0. The minimum Gasteiger partial charge on any atom is -0.469 e. The number of ketones is 1. The molecule has 7 heteroatoms. The van der Waals surface area contributed by atoms with Crippen LogP contribution in [0.2, 0.25) is 0 Å². The molecule has 0 heterocycles. The minimum atomic E-state index is -0.877. The lowest BCUT2D eigenvalue weighted by molar-refractivity contribution is -0.153. The van der Waals surface area contributed by atoms with Crippen molar-refractivity contribution in [2.45, 2.75) is 206 Å². The van der Waals surface area contributed by atoms with Crippen LogP contribution in [0.15, 0.2) is 22.8 Å². The van der Waals surface area contributed by atoms with Crippen LogP contribution in [0.3, 0.4) is 0 Å².